The van der Waals surface area contributed by atoms with Crippen molar-refractivity contribution in [2.75, 3.05) is 11.9 Å². The highest BCUT2D eigenvalue weighted by atomic mass is 16.4. The van der Waals surface area contributed by atoms with Crippen LogP contribution in [0.2, 0.25) is 0 Å². The molecule has 124 valence electrons. The second-order valence-corrected chi connectivity index (χ2v) is 5.64. The molecule has 0 aliphatic rings. The van der Waals surface area contributed by atoms with Crippen LogP contribution in [0.3, 0.4) is 0 Å². The number of carboxylic acids is 1. The molecule has 1 heterocycles. The molecule has 0 radical (unpaired) electrons. The van der Waals surface area contributed by atoms with Gasteiger partial charge in [-0.25, -0.2) is 4.79 Å². The Bertz CT molecular complexity index is 497. The van der Waals surface area contributed by atoms with Crippen LogP contribution >= 0.6 is 0 Å². The van der Waals surface area contributed by atoms with Crippen LogP contribution in [0.4, 0.5) is 10.5 Å². The Balaban J connectivity index is 2.50. The standard InChI is InChI=1S/C15H26N4O3/c1-4-13-12(10-17-19(13)9-7-11(2)3)18-15(22)16-8-5-6-14(20)21/h10-11H,4-9H2,1-3H3,(H,20,21)(H2,16,18,22). The number of nitrogens with zero attached hydrogens (tertiary/aromatic N) is 2. The molecule has 7 nitrogen and oxygen atoms in total. The fourth-order valence-corrected chi connectivity index (χ4v) is 2.07. The minimum Gasteiger partial charge on any atom is -0.481 e. The van der Waals surface area contributed by atoms with Gasteiger partial charge in [0.15, 0.2) is 0 Å². The second kappa shape index (κ2) is 9.07. The summed E-state index contributed by atoms with van der Waals surface area (Å²) in [5.74, 6) is -0.259. The third-order valence-corrected chi connectivity index (χ3v) is 3.30. The van der Waals surface area contributed by atoms with Crippen molar-refractivity contribution >= 4 is 17.7 Å². The van der Waals surface area contributed by atoms with Crippen LogP contribution in [0.1, 0.15) is 45.7 Å². The maximum absolute atomic E-state index is 11.8. The number of amides is 2. The van der Waals surface area contributed by atoms with Crippen LogP contribution in [0, 0.1) is 5.92 Å². The summed E-state index contributed by atoms with van der Waals surface area (Å²) in [7, 11) is 0. The Morgan fingerprint density at radius 1 is 1.41 bits per heavy atom. The number of aromatic nitrogens is 2. The van der Waals surface area contributed by atoms with Crippen molar-refractivity contribution in [3.8, 4) is 0 Å². The van der Waals surface area contributed by atoms with Crippen LogP contribution in [0.25, 0.3) is 0 Å². The third kappa shape index (κ3) is 6.15. The van der Waals surface area contributed by atoms with Gasteiger partial charge in [0.25, 0.3) is 0 Å². The van der Waals surface area contributed by atoms with E-state index in [2.05, 4.69) is 29.6 Å². The number of aliphatic carboxylic acids is 1. The van der Waals surface area contributed by atoms with E-state index in [1.807, 2.05) is 11.6 Å². The summed E-state index contributed by atoms with van der Waals surface area (Å²) in [6.45, 7) is 7.53. The smallest absolute Gasteiger partial charge is 0.319 e. The van der Waals surface area contributed by atoms with E-state index < -0.39 is 5.97 Å². The summed E-state index contributed by atoms with van der Waals surface area (Å²) in [5.41, 5.74) is 1.71. The Hall–Kier alpha value is -2.05. The molecule has 0 aliphatic carbocycles. The quantitative estimate of drug-likeness (QED) is 0.610. The number of rotatable bonds is 9. The summed E-state index contributed by atoms with van der Waals surface area (Å²) >= 11 is 0. The lowest BCUT2D eigenvalue weighted by atomic mass is 10.1. The number of carboxylic acid groups (broad SMARTS) is 1. The molecule has 0 atom stereocenters. The summed E-state index contributed by atoms with van der Waals surface area (Å²) in [6.07, 6.45) is 3.95. The van der Waals surface area contributed by atoms with Gasteiger partial charge in [0.1, 0.15) is 0 Å². The van der Waals surface area contributed by atoms with Crippen molar-refractivity contribution in [2.45, 2.75) is 53.0 Å². The van der Waals surface area contributed by atoms with Gasteiger partial charge in [-0.15, -0.1) is 0 Å². The molecule has 1 aromatic rings. The van der Waals surface area contributed by atoms with E-state index in [0.717, 1.165) is 25.1 Å². The van der Waals surface area contributed by atoms with Gasteiger partial charge in [0, 0.05) is 19.5 Å². The fourth-order valence-electron chi connectivity index (χ4n) is 2.07. The van der Waals surface area contributed by atoms with Crippen LogP contribution in [-0.4, -0.2) is 33.4 Å². The lowest BCUT2D eigenvalue weighted by Gasteiger charge is -2.10. The number of hydrogen-bond donors (Lipinski definition) is 3. The maximum Gasteiger partial charge on any atom is 0.319 e. The number of carbonyl (C=O) groups is 2. The van der Waals surface area contributed by atoms with Crippen molar-refractivity contribution in [3.63, 3.8) is 0 Å². The average Bonchev–Trinajstić information content (AvgIpc) is 2.83. The summed E-state index contributed by atoms with van der Waals surface area (Å²) in [5, 5.41) is 18.3. The van der Waals surface area contributed by atoms with Crippen LogP contribution in [-0.2, 0) is 17.8 Å². The second-order valence-electron chi connectivity index (χ2n) is 5.64. The molecule has 1 rings (SSSR count). The number of urea groups is 1. The molecule has 0 bridgehead atoms. The van der Waals surface area contributed by atoms with Crippen molar-refractivity contribution in [1.82, 2.24) is 15.1 Å². The topological polar surface area (TPSA) is 96.2 Å². The zero-order valence-electron chi connectivity index (χ0n) is 13.6. The lowest BCUT2D eigenvalue weighted by molar-refractivity contribution is -0.137. The highest BCUT2D eigenvalue weighted by Crippen LogP contribution is 2.17. The van der Waals surface area contributed by atoms with Gasteiger partial charge in [0.2, 0.25) is 0 Å². The molecule has 0 saturated carbocycles. The predicted octanol–water partition coefficient (Wildman–Crippen LogP) is 2.48. The van der Waals surface area contributed by atoms with Crippen molar-refractivity contribution < 1.29 is 14.7 Å². The fraction of sp³-hybridized carbons (Fsp3) is 0.667. The number of nitrogens with one attached hydrogen (secondary N) is 2. The van der Waals surface area contributed by atoms with Crippen LogP contribution < -0.4 is 10.6 Å². The Labute approximate surface area is 131 Å². The van der Waals surface area contributed by atoms with E-state index in [4.69, 9.17) is 5.11 Å². The Morgan fingerprint density at radius 3 is 2.73 bits per heavy atom. The minimum atomic E-state index is -0.859. The zero-order chi connectivity index (χ0) is 16.5. The predicted molar refractivity (Wildman–Crippen MR) is 85.0 cm³/mol. The van der Waals surface area contributed by atoms with E-state index in [0.29, 0.717) is 24.6 Å². The van der Waals surface area contributed by atoms with Gasteiger partial charge in [-0.05, 0) is 25.2 Å². The molecule has 0 saturated heterocycles. The van der Waals surface area contributed by atoms with Crippen molar-refractivity contribution in [1.29, 1.82) is 0 Å². The molecule has 3 N–H and O–H groups in total. The highest BCUT2D eigenvalue weighted by Gasteiger charge is 2.12. The van der Waals surface area contributed by atoms with Crippen LogP contribution in [0.5, 0.6) is 0 Å². The van der Waals surface area contributed by atoms with Gasteiger partial charge >= 0.3 is 12.0 Å². The average molecular weight is 310 g/mol. The molecular formula is C15H26N4O3. The highest BCUT2D eigenvalue weighted by molar-refractivity contribution is 5.89. The third-order valence-electron chi connectivity index (χ3n) is 3.30. The molecule has 1 aromatic heterocycles. The van der Waals surface area contributed by atoms with E-state index in [1.54, 1.807) is 6.20 Å². The SMILES string of the molecule is CCc1c(NC(=O)NCCCC(=O)O)cnn1CCC(C)C. The molecule has 0 aliphatic heterocycles. The van der Waals surface area contributed by atoms with E-state index in [9.17, 15) is 9.59 Å². The molecule has 22 heavy (non-hydrogen) atoms. The van der Waals surface area contributed by atoms with E-state index in [-0.39, 0.29) is 12.5 Å². The monoisotopic (exact) mass is 310 g/mol. The van der Waals surface area contributed by atoms with E-state index in [1.165, 1.54) is 0 Å². The van der Waals surface area contributed by atoms with Gasteiger partial charge in [0.05, 0.1) is 17.6 Å². The number of anilines is 1. The molecule has 2 amide bonds. The zero-order valence-corrected chi connectivity index (χ0v) is 13.6. The lowest BCUT2D eigenvalue weighted by Crippen LogP contribution is -2.30. The summed E-state index contributed by atoms with van der Waals surface area (Å²) < 4.78 is 1.93. The van der Waals surface area contributed by atoms with Crippen molar-refractivity contribution in [3.05, 3.63) is 11.9 Å². The molecule has 7 heteroatoms. The van der Waals surface area contributed by atoms with Gasteiger partial charge in [-0.1, -0.05) is 20.8 Å². The minimum absolute atomic E-state index is 0.0492. The van der Waals surface area contributed by atoms with Gasteiger partial charge in [-0.3, -0.25) is 9.48 Å². The maximum atomic E-state index is 11.8. The number of carbonyl (C=O) groups excluding carboxylic acids is 1. The Morgan fingerprint density at radius 2 is 2.14 bits per heavy atom. The first-order valence-corrected chi connectivity index (χ1v) is 7.75. The molecule has 0 aromatic carbocycles. The molecule has 0 spiro atoms. The van der Waals surface area contributed by atoms with E-state index >= 15 is 0 Å². The van der Waals surface area contributed by atoms with Gasteiger partial charge in [-0.2, -0.15) is 5.10 Å². The Kier molecular flexibility index (Phi) is 7.42. The first kappa shape index (κ1) is 18.0. The largest absolute Gasteiger partial charge is 0.481 e. The molecular weight excluding hydrogens is 284 g/mol. The number of hydrogen-bond acceptors (Lipinski definition) is 3. The first-order chi connectivity index (χ1) is 10.4. The number of aryl methyl sites for hydroxylation is 1. The normalized spacial score (nSPS) is 10.7. The molecule has 0 unspecified atom stereocenters. The molecule has 0 fully saturated rings. The first-order valence-electron chi connectivity index (χ1n) is 7.75. The van der Waals surface area contributed by atoms with Gasteiger partial charge < -0.3 is 15.7 Å². The van der Waals surface area contributed by atoms with Crippen LogP contribution in [0.15, 0.2) is 6.20 Å². The summed E-state index contributed by atoms with van der Waals surface area (Å²) in [6, 6.07) is -0.330. The summed E-state index contributed by atoms with van der Waals surface area (Å²) in [4.78, 5) is 22.2. The van der Waals surface area contributed by atoms with Crippen molar-refractivity contribution in [2.24, 2.45) is 5.92 Å².